The molecular formula is C15H20O2. The summed E-state index contributed by atoms with van der Waals surface area (Å²) in [7, 11) is 0. The van der Waals surface area contributed by atoms with Crippen molar-refractivity contribution >= 4 is 5.97 Å². The molecule has 17 heavy (non-hydrogen) atoms. The predicted octanol–water partition coefficient (Wildman–Crippen LogP) is 3.51. The van der Waals surface area contributed by atoms with Crippen LogP contribution in [-0.4, -0.2) is 11.1 Å². The van der Waals surface area contributed by atoms with Gasteiger partial charge in [0.25, 0.3) is 0 Å². The Morgan fingerprint density at radius 1 is 1.06 bits per heavy atom. The lowest BCUT2D eigenvalue weighted by atomic mass is 9.78. The molecule has 2 rings (SSSR count). The summed E-state index contributed by atoms with van der Waals surface area (Å²) in [5.41, 5.74) is 1.41. The molecule has 1 aromatic rings. The van der Waals surface area contributed by atoms with Crippen molar-refractivity contribution in [3.8, 4) is 0 Å². The Bertz CT molecular complexity index is 350. The SMILES string of the molecule is O=C(O)CC1CCC(Cc2ccccc2)CC1. The average molecular weight is 232 g/mol. The summed E-state index contributed by atoms with van der Waals surface area (Å²) in [5.74, 6) is 0.526. The molecule has 92 valence electrons. The van der Waals surface area contributed by atoms with Crippen LogP contribution in [0.2, 0.25) is 0 Å². The molecule has 1 aliphatic rings. The van der Waals surface area contributed by atoms with Gasteiger partial charge < -0.3 is 5.11 Å². The van der Waals surface area contributed by atoms with Crippen LogP contribution in [0.25, 0.3) is 0 Å². The van der Waals surface area contributed by atoms with Crippen molar-refractivity contribution in [3.05, 3.63) is 35.9 Å². The van der Waals surface area contributed by atoms with Gasteiger partial charge in [-0.1, -0.05) is 30.3 Å². The lowest BCUT2D eigenvalue weighted by Crippen LogP contribution is -2.18. The fourth-order valence-corrected chi connectivity index (χ4v) is 2.83. The third-order valence-electron chi connectivity index (χ3n) is 3.80. The third kappa shape index (κ3) is 3.88. The number of hydrogen-bond donors (Lipinski definition) is 1. The van der Waals surface area contributed by atoms with Gasteiger partial charge in [0.1, 0.15) is 0 Å². The van der Waals surface area contributed by atoms with Crippen molar-refractivity contribution in [2.45, 2.75) is 38.5 Å². The van der Waals surface area contributed by atoms with Gasteiger partial charge in [0, 0.05) is 6.42 Å². The maximum atomic E-state index is 10.6. The van der Waals surface area contributed by atoms with E-state index in [1.54, 1.807) is 0 Å². The van der Waals surface area contributed by atoms with Gasteiger partial charge in [0.2, 0.25) is 0 Å². The molecule has 0 unspecified atom stereocenters. The summed E-state index contributed by atoms with van der Waals surface area (Å²) in [5, 5.41) is 8.77. The van der Waals surface area contributed by atoms with Crippen LogP contribution in [0.5, 0.6) is 0 Å². The molecule has 0 spiro atoms. The highest BCUT2D eigenvalue weighted by Crippen LogP contribution is 2.32. The Balaban J connectivity index is 1.78. The minimum absolute atomic E-state index is 0.359. The second kappa shape index (κ2) is 5.85. The first-order chi connectivity index (χ1) is 8.24. The Kier molecular flexibility index (Phi) is 4.18. The number of hydrogen-bond acceptors (Lipinski definition) is 1. The molecule has 0 aliphatic heterocycles. The van der Waals surface area contributed by atoms with Gasteiger partial charge >= 0.3 is 5.97 Å². The summed E-state index contributed by atoms with van der Waals surface area (Å²) in [4.78, 5) is 10.6. The molecule has 2 nitrogen and oxygen atoms in total. The zero-order valence-corrected chi connectivity index (χ0v) is 10.1. The molecule has 0 saturated heterocycles. The summed E-state index contributed by atoms with van der Waals surface area (Å²) >= 11 is 0. The van der Waals surface area contributed by atoms with E-state index in [-0.39, 0.29) is 0 Å². The maximum Gasteiger partial charge on any atom is 0.303 e. The summed E-state index contributed by atoms with van der Waals surface area (Å²) in [6.07, 6.45) is 6.06. The fraction of sp³-hybridized carbons (Fsp3) is 0.533. The lowest BCUT2D eigenvalue weighted by Gasteiger charge is -2.27. The summed E-state index contributed by atoms with van der Waals surface area (Å²) in [6, 6.07) is 10.6. The maximum absolute atomic E-state index is 10.6. The number of carboxylic acid groups (broad SMARTS) is 1. The number of rotatable bonds is 4. The van der Waals surface area contributed by atoms with Crippen molar-refractivity contribution in [1.29, 1.82) is 0 Å². The van der Waals surface area contributed by atoms with Crippen molar-refractivity contribution in [3.63, 3.8) is 0 Å². The normalized spacial score (nSPS) is 24.5. The first-order valence-corrected chi connectivity index (χ1v) is 6.50. The van der Waals surface area contributed by atoms with Gasteiger partial charge in [-0.05, 0) is 49.5 Å². The molecular weight excluding hydrogens is 212 g/mol. The molecule has 1 fully saturated rings. The van der Waals surface area contributed by atoms with Crippen LogP contribution in [0.15, 0.2) is 30.3 Å². The zero-order chi connectivity index (χ0) is 12.1. The molecule has 0 aromatic heterocycles. The zero-order valence-electron chi connectivity index (χ0n) is 10.1. The number of carbonyl (C=O) groups is 1. The molecule has 0 bridgehead atoms. The summed E-state index contributed by atoms with van der Waals surface area (Å²) < 4.78 is 0. The van der Waals surface area contributed by atoms with Crippen LogP contribution >= 0.6 is 0 Å². The van der Waals surface area contributed by atoms with Gasteiger partial charge in [-0.2, -0.15) is 0 Å². The van der Waals surface area contributed by atoms with Crippen LogP contribution in [0.1, 0.15) is 37.7 Å². The van der Waals surface area contributed by atoms with E-state index < -0.39 is 5.97 Å². The smallest absolute Gasteiger partial charge is 0.303 e. The van der Waals surface area contributed by atoms with Crippen molar-refractivity contribution in [2.24, 2.45) is 11.8 Å². The van der Waals surface area contributed by atoms with Crippen LogP contribution in [-0.2, 0) is 11.2 Å². The largest absolute Gasteiger partial charge is 0.481 e. The number of aliphatic carboxylic acids is 1. The van der Waals surface area contributed by atoms with E-state index in [4.69, 9.17) is 5.11 Å². The quantitative estimate of drug-likeness (QED) is 0.862. The van der Waals surface area contributed by atoms with E-state index in [0.29, 0.717) is 12.3 Å². The number of carboxylic acids is 1. The van der Waals surface area contributed by atoms with Crippen LogP contribution in [0.3, 0.4) is 0 Å². The molecule has 1 saturated carbocycles. The Morgan fingerprint density at radius 3 is 2.24 bits per heavy atom. The van der Waals surface area contributed by atoms with Crippen molar-refractivity contribution < 1.29 is 9.90 Å². The van der Waals surface area contributed by atoms with Crippen molar-refractivity contribution in [2.75, 3.05) is 0 Å². The monoisotopic (exact) mass is 232 g/mol. The standard InChI is InChI=1S/C15H20O2/c16-15(17)11-14-8-6-13(7-9-14)10-12-4-2-1-3-5-12/h1-5,13-14H,6-11H2,(H,16,17). The first kappa shape index (κ1) is 12.2. The Labute approximate surface area is 103 Å². The van der Waals surface area contributed by atoms with Crippen LogP contribution in [0.4, 0.5) is 0 Å². The van der Waals surface area contributed by atoms with E-state index >= 15 is 0 Å². The second-order valence-electron chi connectivity index (χ2n) is 5.17. The average Bonchev–Trinajstić information content (AvgIpc) is 2.32. The second-order valence-corrected chi connectivity index (χ2v) is 5.17. The molecule has 0 heterocycles. The molecule has 1 N–H and O–H groups in total. The van der Waals surface area contributed by atoms with E-state index in [9.17, 15) is 4.79 Å². The highest BCUT2D eigenvalue weighted by Gasteiger charge is 2.22. The van der Waals surface area contributed by atoms with Gasteiger partial charge in [-0.3, -0.25) is 4.79 Å². The molecule has 0 atom stereocenters. The minimum Gasteiger partial charge on any atom is -0.481 e. The van der Waals surface area contributed by atoms with Crippen molar-refractivity contribution in [1.82, 2.24) is 0 Å². The molecule has 1 aliphatic carbocycles. The third-order valence-corrected chi connectivity index (χ3v) is 3.80. The van der Waals surface area contributed by atoms with Gasteiger partial charge in [-0.25, -0.2) is 0 Å². The fourth-order valence-electron chi connectivity index (χ4n) is 2.83. The molecule has 2 heteroatoms. The first-order valence-electron chi connectivity index (χ1n) is 6.50. The molecule has 1 aromatic carbocycles. The highest BCUT2D eigenvalue weighted by atomic mass is 16.4. The van der Waals surface area contributed by atoms with E-state index in [1.165, 1.54) is 18.4 Å². The van der Waals surface area contributed by atoms with E-state index in [1.807, 2.05) is 6.07 Å². The Morgan fingerprint density at radius 2 is 1.65 bits per heavy atom. The molecule has 0 amide bonds. The highest BCUT2D eigenvalue weighted by molar-refractivity contribution is 5.67. The number of benzene rings is 1. The van der Waals surface area contributed by atoms with Gasteiger partial charge in [-0.15, -0.1) is 0 Å². The molecule has 0 radical (unpaired) electrons. The lowest BCUT2D eigenvalue weighted by molar-refractivity contribution is -0.138. The topological polar surface area (TPSA) is 37.3 Å². The Hall–Kier alpha value is -1.31. The minimum atomic E-state index is -0.642. The van der Waals surface area contributed by atoms with Gasteiger partial charge in [0.05, 0.1) is 0 Å². The van der Waals surface area contributed by atoms with E-state index in [0.717, 1.165) is 25.2 Å². The summed E-state index contributed by atoms with van der Waals surface area (Å²) in [6.45, 7) is 0. The van der Waals surface area contributed by atoms with Crippen LogP contribution in [0, 0.1) is 11.8 Å². The van der Waals surface area contributed by atoms with Gasteiger partial charge in [0.15, 0.2) is 0 Å². The predicted molar refractivity (Wildman–Crippen MR) is 67.8 cm³/mol. The van der Waals surface area contributed by atoms with E-state index in [2.05, 4.69) is 24.3 Å². The van der Waals surface area contributed by atoms with Crippen LogP contribution < -0.4 is 0 Å².